The van der Waals surface area contributed by atoms with Crippen molar-refractivity contribution < 1.29 is 17.9 Å². The third kappa shape index (κ3) is 4.60. The standard InChI is InChI=1S/C17H20FNO3S/c1-13-9-10-17(15(18)12-13)23(21,22)19-16(8-5-11-20)14-6-3-2-4-7-14/h2-4,6-7,9-10,12,16,19-20H,5,8,11H2,1H3. The highest BCUT2D eigenvalue weighted by Crippen LogP contribution is 2.23. The first kappa shape index (κ1) is 17.6. The van der Waals surface area contributed by atoms with Crippen molar-refractivity contribution in [3.63, 3.8) is 0 Å². The first-order valence-corrected chi connectivity index (χ1v) is 8.86. The van der Waals surface area contributed by atoms with Gasteiger partial charge >= 0.3 is 0 Å². The van der Waals surface area contributed by atoms with E-state index in [1.165, 1.54) is 12.1 Å². The van der Waals surface area contributed by atoms with Crippen molar-refractivity contribution in [2.24, 2.45) is 0 Å². The lowest BCUT2D eigenvalue weighted by Crippen LogP contribution is -2.29. The number of hydrogen-bond donors (Lipinski definition) is 2. The minimum Gasteiger partial charge on any atom is -0.396 e. The topological polar surface area (TPSA) is 66.4 Å². The smallest absolute Gasteiger partial charge is 0.244 e. The molecule has 0 fully saturated rings. The molecule has 0 saturated heterocycles. The van der Waals surface area contributed by atoms with Crippen LogP contribution in [0.4, 0.5) is 4.39 Å². The highest BCUT2D eigenvalue weighted by Gasteiger charge is 2.24. The van der Waals surface area contributed by atoms with Crippen molar-refractivity contribution in [3.05, 3.63) is 65.5 Å². The third-order valence-corrected chi connectivity index (χ3v) is 5.03. The van der Waals surface area contributed by atoms with Crippen LogP contribution >= 0.6 is 0 Å². The van der Waals surface area contributed by atoms with Crippen molar-refractivity contribution in [1.29, 1.82) is 0 Å². The van der Waals surface area contributed by atoms with E-state index in [2.05, 4.69) is 4.72 Å². The van der Waals surface area contributed by atoms with Gasteiger partial charge in [-0.25, -0.2) is 17.5 Å². The molecule has 0 heterocycles. The largest absolute Gasteiger partial charge is 0.396 e. The summed E-state index contributed by atoms with van der Waals surface area (Å²) in [6, 6.07) is 12.6. The summed E-state index contributed by atoms with van der Waals surface area (Å²) in [6.45, 7) is 1.66. The summed E-state index contributed by atoms with van der Waals surface area (Å²) in [5.74, 6) is -0.772. The van der Waals surface area contributed by atoms with Crippen LogP contribution in [0.5, 0.6) is 0 Å². The zero-order valence-electron chi connectivity index (χ0n) is 12.9. The summed E-state index contributed by atoms with van der Waals surface area (Å²) >= 11 is 0. The lowest BCUT2D eigenvalue weighted by atomic mass is 10.0. The highest BCUT2D eigenvalue weighted by molar-refractivity contribution is 7.89. The maximum Gasteiger partial charge on any atom is 0.244 e. The van der Waals surface area contributed by atoms with Gasteiger partial charge in [0.15, 0.2) is 0 Å². The zero-order chi connectivity index (χ0) is 16.9. The molecule has 0 spiro atoms. The van der Waals surface area contributed by atoms with E-state index in [0.717, 1.165) is 5.56 Å². The summed E-state index contributed by atoms with van der Waals surface area (Å²) < 4.78 is 41.5. The SMILES string of the molecule is Cc1ccc(S(=O)(=O)NC(CCCO)c2ccccc2)c(F)c1. The van der Waals surface area contributed by atoms with Crippen LogP contribution in [0.1, 0.15) is 30.0 Å². The van der Waals surface area contributed by atoms with E-state index in [0.29, 0.717) is 18.4 Å². The summed E-state index contributed by atoms with van der Waals surface area (Å²) in [6.07, 6.45) is 0.867. The quantitative estimate of drug-likeness (QED) is 0.816. The molecule has 0 aliphatic carbocycles. The Labute approximate surface area is 136 Å². The number of benzene rings is 2. The summed E-state index contributed by atoms with van der Waals surface area (Å²) in [5, 5.41) is 9.01. The molecule has 124 valence electrons. The van der Waals surface area contributed by atoms with Gasteiger partial charge in [0.1, 0.15) is 10.7 Å². The number of aryl methyl sites for hydroxylation is 1. The normalized spacial score (nSPS) is 13.0. The Kier molecular flexibility index (Phi) is 5.87. The van der Waals surface area contributed by atoms with Gasteiger partial charge in [-0.15, -0.1) is 0 Å². The van der Waals surface area contributed by atoms with Crippen LogP contribution in [0.2, 0.25) is 0 Å². The van der Waals surface area contributed by atoms with E-state index < -0.39 is 21.9 Å². The molecular formula is C17H20FNO3S. The summed E-state index contributed by atoms with van der Waals surface area (Å²) in [4.78, 5) is -0.368. The second kappa shape index (κ2) is 7.68. The van der Waals surface area contributed by atoms with Gasteiger partial charge in [0.25, 0.3) is 0 Å². The van der Waals surface area contributed by atoms with Crippen molar-refractivity contribution in [3.8, 4) is 0 Å². The number of rotatable bonds is 7. The second-order valence-corrected chi connectivity index (χ2v) is 7.07. The van der Waals surface area contributed by atoms with Gasteiger partial charge in [0.05, 0.1) is 0 Å². The van der Waals surface area contributed by atoms with Crippen LogP contribution in [0.15, 0.2) is 53.4 Å². The molecule has 0 aliphatic heterocycles. The van der Waals surface area contributed by atoms with Crippen molar-refractivity contribution in [2.45, 2.75) is 30.7 Å². The second-order valence-electron chi connectivity index (χ2n) is 5.38. The number of aliphatic hydroxyl groups is 1. The van der Waals surface area contributed by atoms with Gasteiger partial charge in [0, 0.05) is 12.6 Å². The number of nitrogens with one attached hydrogen (secondary N) is 1. The zero-order valence-corrected chi connectivity index (χ0v) is 13.7. The van der Waals surface area contributed by atoms with Gasteiger partial charge < -0.3 is 5.11 Å². The Hall–Kier alpha value is -1.76. The maximum absolute atomic E-state index is 14.0. The van der Waals surface area contributed by atoms with E-state index in [1.807, 2.05) is 18.2 Å². The Morgan fingerprint density at radius 1 is 1.17 bits per heavy atom. The molecule has 0 aromatic heterocycles. The molecule has 1 atom stereocenters. The van der Waals surface area contributed by atoms with Crippen molar-refractivity contribution >= 4 is 10.0 Å². The molecule has 0 radical (unpaired) electrons. The molecule has 2 rings (SSSR count). The van der Waals surface area contributed by atoms with Crippen molar-refractivity contribution in [1.82, 2.24) is 4.72 Å². The number of aliphatic hydroxyl groups excluding tert-OH is 1. The van der Waals surface area contributed by atoms with Gasteiger partial charge in [-0.2, -0.15) is 0 Å². The van der Waals surface area contributed by atoms with Crippen LogP contribution < -0.4 is 4.72 Å². The lowest BCUT2D eigenvalue weighted by molar-refractivity contribution is 0.278. The number of sulfonamides is 1. The van der Waals surface area contributed by atoms with Crippen LogP contribution in [-0.2, 0) is 10.0 Å². The monoisotopic (exact) mass is 337 g/mol. The van der Waals surface area contributed by atoms with Gasteiger partial charge in [-0.05, 0) is 43.0 Å². The molecule has 0 amide bonds. The number of halogens is 1. The Bertz CT molecular complexity index is 748. The highest BCUT2D eigenvalue weighted by atomic mass is 32.2. The van der Waals surface area contributed by atoms with Crippen LogP contribution in [-0.4, -0.2) is 20.1 Å². The fourth-order valence-electron chi connectivity index (χ4n) is 2.35. The molecule has 0 saturated carbocycles. The average molecular weight is 337 g/mol. The lowest BCUT2D eigenvalue weighted by Gasteiger charge is -2.19. The fourth-order valence-corrected chi connectivity index (χ4v) is 3.67. The first-order chi connectivity index (χ1) is 10.9. The molecule has 0 aliphatic rings. The van der Waals surface area contributed by atoms with Gasteiger partial charge in [-0.1, -0.05) is 36.4 Å². The summed E-state index contributed by atoms with van der Waals surface area (Å²) in [5.41, 5.74) is 1.43. The van der Waals surface area contributed by atoms with Gasteiger partial charge in [0.2, 0.25) is 10.0 Å². The molecule has 1 unspecified atom stereocenters. The van der Waals surface area contributed by atoms with Crippen LogP contribution in [0, 0.1) is 12.7 Å². The van der Waals surface area contributed by atoms with E-state index in [-0.39, 0.29) is 11.5 Å². The van der Waals surface area contributed by atoms with E-state index >= 15 is 0 Å². The predicted molar refractivity (Wildman–Crippen MR) is 87.0 cm³/mol. The molecule has 4 nitrogen and oxygen atoms in total. The minimum atomic E-state index is -3.99. The first-order valence-electron chi connectivity index (χ1n) is 7.38. The van der Waals surface area contributed by atoms with E-state index in [4.69, 9.17) is 5.11 Å². The van der Waals surface area contributed by atoms with Gasteiger partial charge in [-0.3, -0.25) is 0 Å². The van der Waals surface area contributed by atoms with Crippen LogP contribution in [0.3, 0.4) is 0 Å². The van der Waals surface area contributed by atoms with E-state index in [9.17, 15) is 12.8 Å². The van der Waals surface area contributed by atoms with E-state index in [1.54, 1.807) is 25.1 Å². The fraction of sp³-hybridized carbons (Fsp3) is 0.294. The molecule has 2 aromatic carbocycles. The summed E-state index contributed by atoms with van der Waals surface area (Å²) in [7, 11) is -3.99. The molecule has 23 heavy (non-hydrogen) atoms. The third-order valence-electron chi connectivity index (χ3n) is 3.53. The average Bonchev–Trinajstić information content (AvgIpc) is 2.51. The Morgan fingerprint density at radius 3 is 2.48 bits per heavy atom. The number of hydrogen-bond acceptors (Lipinski definition) is 3. The van der Waals surface area contributed by atoms with Crippen molar-refractivity contribution in [2.75, 3.05) is 6.61 Å². The Balaban J connectivity index is 2.30. The predicted octanol–water partition coefficient (Wildman–Crippen LogP) is 2.93. The molecule has 2 aromatic rings. The minimum absolute atomic E-state index is 0.0377. The molecule has 0 bridgehead atoms. The van der Waals surface area contributed by atoms with Crippen LogP contribution in [0.25, 0.3) is 0 Å². The molecular weight excluding hydrogens is 317 g/mol. The molecule has 2 N–H and O–H groups in total. The molecule has 6 heteroatoms. The maximum atomic E-state index is 14.0. The Morgan fingerprint density at radius 2 is 1.87 bits per heavy atom.